The molecular formula is C13H21NO. The van der Waals surface area contributed by atoms with Gasteiger partial charge in [-0.2, -0.15) is 0 Å². The Kier molecular flexibility index (Phi) is 2.21. The van der Waals surface area contributed by atoms with E-state index in [1.165, 1.54) is 25.7 Å². The van der Waals surface area contributed by atoms with Gasteiger partial charge in [-0.15, -0.1) is 0 Å². The first-order valence-electron chi connectivity index (χ1n) is 5.88. The Balaban J connectivity index is 2.35. The number of hydrogen-bond acceptors (Lipinski definition) is 1. The molecule has 0 aromatic heterocycles. The molecule has 2 fully saturated rings. The van der Waals surface area contributed by atoms with Gasteiger partial charge in [0.1, 0.15) is 0 Å². The van der Waals surface area contributed by atoms with Crippen LogP contribution in [0.15, 0.2) is 11.6 Å². The monoisotopic (exact) mass is 207 g/mol. The molecule has 2 aliphatic carbocycles. The molecule has 2 saturated carbocycles. The van der Waals surface area contributed by atoms with Crippen molar-refractivity contribution in [2.45, 2.75) is 46.5 Å². The van der Waals surface area contributed by atoms with Gasteiger partial charge in [0.2, 0.25) is 5.91 Å². The Bertz CT molecular complexity index is 319. The maximum Gasteiger partial charge on any atom is 0.244 e. The molecule has 2 heteroatoms. The van der Waals surface area contributed by atoms with Crippen molar-refractivity contribution in [3.8, 4) is 0 Å². The highest BCUT2D eigenvalue weighted by Crippen LogP contribution is 2.66. The Hall–Kier alpha value is -0.790. The van der Waals surface area contributed by atoms with Crippen LogP contribution in [0.5, 0.6) is 0 Å². The van der Waals surface area contributed by atoms with Gasteiger partial charge < -0.3 is 5.73 Å². The van der Waals surface area contributed by atoms with Gasteiger partial charge in [-0.25, -0.2) is 0 Å². The van der Waals surface area contributed by atoms with E-state index < -0.39 is 0 Å². The Morgan fingerprint density at radius 2 is 1.87 bits per heavy atom. The van der Waals surface area contributed by atoms with Crippen LogP contribution in [0.3, 0.4) is 0 Å². The second-order valence-corrected chi connectivity index (χ2v) is 5.84. The lowest BCUT2D eigenvalue weighted by Crippen LogP contribution is -2.29. The molecule has 1 amide bonds. The van der Waals surface area contributed by atoms with Crippen LogP contribution < -0.4 is 5.73 Å². The summed E-state index contributed by atoms with van der Waals surface area (Å²) in [6.07, 6.45) is 7.26. The van der Waals surface area contributed by atoms with E-state index >= 15 is 0 Å². The van der Waals surface area contributed by atoms with E-state index in [2.05, 4.69) is 19.9 Å². The maximum atomic E-state index is 11.1. The summed E-state index contributed by atoms with van der Waals surface area (Å²) in [5.41, 5.74) is 6.66. The van der Waals surface area contributed by atoms with E-state index in [0.717, 1.165) is 11.5 Å². The topological polar surface area (TPSA) is 43.1 Å². The molecule has 0 atom stereocenters. The minimum absolute atomic E-state index is 0.247. The third kappa shape index (κ3) is 1.34. The number of amides is 1. The summed E-state index contributed by atoms with van der Waals surface area (Å²) in [6, 6.07) is 0. The van der Waals surface area contributed by atoms with E-state index in [1.54, 1.807) is 0 Å². The minimum Gasteiger partial charge on any atom is -0.366 e. The highest BCUT2D eigenvalue weighted by atomic mass is 16.1. The largest absolute Gasteiger partial charge is 0.366 e. The van der Waals surface area contributed by atoms with Crippen molar-refractivity contribution in [2.75, 3.05) is 0 Å². The van der Waals surface area contributed by atoms with Crippen molar-refractivity contribution in [1.29, 1.82) is 0 Å². The molecule has 0 saturated heterocycles. The Morgan fingerprint density at radius 3 is 2.20 bits per heavy atom. The number of fused-ring (bicyclic) bond motifs is 2. The fourth-order valence-corrected chi connectivity index (χ4v) is 3.72. The molecule has 0 radical (unpaired) electrons. The smallest absolute Gasteiger partial charge is 0.244 e. The average Bonchev–Trinajstić information content (AvgIpc) is 2.52. The molecule has 15 heavy (non-hydrogen) atoms. The second-order valence-electron chi connectivity index (χ2n) is 5.84. The van der Waals surface area contributed by atoms with Crippen molar-refractivity contribution in [2.24, 2.45) is 22.5 Å². The zero-order chi connectivity index (χ0) is 11.3. The minimum atomic E-state index is -0.268. The summed E-state index contributed by atoms with van der Waals surface area (Å²) in [7, 11) is 0. The van der Waals surface area contributed by atoms with E-state index in [4.69, 9.17) is 5.73 Å². The first kappa shape index (κ1) is 10.7. The summed E-state index contributed by atoms with van der Waals surface area (Å²) in [4.78, 5) is 11.1. The molecule has 2 bridgehead atoms. The lowest BCUT2D eigenvalue weighted by Gasteiger charge is -2.36. The van der Waals surface area contributed by atoms with Crippen molar-refractivity contribution in [3.63, 3.8) is 0 Å². The first-order chi connectivity index (χ1) is 6.89. The summed E-state index contributed by atoms with van der Waals surface area (Å²) >= 11 is 0. The molecular weight excluding hydrogens is 186 g/mol. The lowest BCUT2D eigenvalue weighted by molar-refractivity contribution is -0.114. The fraction of sp³-hybridized carbons (Fsp3) is 0.769. The zero-order valence-corrected chi connectivity index (χ0v) is 9.97. The quantitative estimate of drug-likeness (QED) is 0.695. The van der Waals surface area contributed by atoms with Crippen LogP contribution in [0.25, 0.3) is 0 Å². The molecule has 0 spiro atoms. The van der Waals surface area contributed by atoms with Crippen LogP contribution >= 0.6 is 0 Å². The molecule has 2 aliphatic rings. The number of hydrogen-bond donors (Lipinski definition) is 1. The summed E-state index contributed by atoms with van der Waals surface area (Å²) in [5.74, 6) is 0.574. The van der Waals surface area contributed by atoms with Gasteiger partial charge in [0.05, 0.1) is 0 Å². The van der Waals surface area contributed by atoms with E-state index in [1.807, 2.05) is 6.92 Å². The third-order valence-corrected chi connectivity index (χ3v) is 5.06. The predicted molar refractivity (Wildman–Crippen MR) is 61.1 cm³/mol. The van der Waals surface area contributed by atoms with Crippen molar-refractivity contribution in [3.05, 3.63) is 11.6 Å². The molecule has 84 valence electrons. The van der Waals surface area contributed by atoms with Crippen LogP contribution in [-0.2, 0) is 4.79 Å². The van der Waals surface area contributed by atoms with Gasteiger partial charge in [-0.05, 0) is 49.4 Å². The number of rotatable bonds is 2. The molecule has 2 N–H and O–H groups in total. The molecule has 0 aromatic rings. The number of carbonyl (C=O) groups is 1. The number of carbonyl (C=O) groups excluding carboxylic acids is 1. The highest BCUT2D eigenvalue weighted by Gasteiger charge is 2.57. The highest BCUT2D eigenvalue weighted by molar-refractivity contribution is 5.91. The number of nitrogens with two attached hydrogens (primary N) is 1. The van der Waals surface area contributed by atoms with E-state index in [0.29, 0.717) is 5.41 Å². The molecule has 0 aromatic carbocycles. The molecule has 0 unspecified atom stereocenters. The third-order valence-electron chi connectivity index (χ3n) is 5.06. The number of allylic oxidation sites excluding steroid dienone is 1. The van der Waals surface area contributed by atoms with Gasteiger partial charge >= 0.3 is 0 Å². The van der Waals surface area contributed by atoms with Crippen molar-refractivity contribution >= 4 is 5.91 Å². The van der Waals surface area contributed by atoms with Gasteiger partial charge in [-0.3, -0.25) is 4.79 Å². The van der Waals surface area contributed by atoms with Gasteiger partial charge in [0.25, 0.3) is 0 Å². The van der Waals surface area contributed by atoms with Crippen LogP contribution in [0.2, 0.25) is 0 Å². The second kappa shape index (κ2) is 3.10. The SMILES string of the molecule is C/C(=C\C12CCC(CC1)C2(C)C)C(N)=O. The van der Waals surface area contributed by atoms with Gasteiger partial charge in [-0.1, -0.05) is 19.9 Å². The standard InChI is InChI=1S/C13H21NO/c1-9(11(14)15)8-13-6-4-10(5-7-13)12(13,2)3/h8,10H,4-7H2,1-3H3,(H2,14,15)/b9-8+. The fourth-order valence-electron chi connectivity index (χ4n) is 3.72. The van der Waals surface area contributed by atoms with Crippen LogP contribution in [-0.4, -0.2) is 5.91 Å². The average molecular weight is 207 g/mol. The zero-order valence-electron chi connectivity index (χ0n) is 9.97. The van der Waals surface area contributed by atoms with E-state index in [-0.39, 0.29) is 11.3 Å². The first-order valence-corrected chi connectivity index (χ1v) is 5.88. The normalized spacial score (nSPS) is 38.3. The van der Waals surface area contributed by atoms with Gasteiger partial charge in [0.15, 0.2) is 0 Å². The molecule has 2 nitrogen and oxygen atoms in total. The van der Waals surface area contributed by atoms with Crippen molar-refractivity contribution in [1.82, 2.24) is 0 Å². The summed E-state index contributed by atoms with van der Waals surface area (Å²) in [6.45, 7) is 6.55. The summed E-state index contributed by atoms with van der Waals surface area (Å²) in [5, 5.41) is 0. The van der Waals surface area contributed by atoms with Crippen LogP contribution in [0, 0.1) is 16.7 Å². The molecule has 0 heterocycles. The molecule has 2 rings (SSSR count). The van der Waals surface area contributed by atoms with Gasteiger partial charge in [0, 0.05) is 5.57 Å². The van der Waals surface area contributed by atoms with Crippen molar-refractivity contribution < 1.29 is 4.79 Å². The maximum absolute atomic E-state index is 11.1. The predicted octanol–water partition coefficient (Wildman–Crippen LogP) is 2.63. The van der Waals surface area contributed by atoms with E-state index in [9.17, 15) is 4.79 Å². The van der Waals surface area contributed by atoms with Crippen LogP contribution in [0.4, 0.5) is 0 Å². The number of primary amides is 1. The van der Waals surface area contributed by atoms with Crippen LogP contribution in [0.1, 0.15) is 46.5 Å². The Morgan fingerprint density at radius 1 is 1.33 bits per heavy atom. The lowest BCUT2D eigenvalue weighted by atomic mass is 9.68. The summed E-state index contributed by atoms with van der Waals surface area (Å²) < 4.78 is 0. The molecule has 0 aliphatic heterocycles. The Labute approximate surface area is 91.9 Å².